The number of hydrogen-bond acceptors (Lipinski definition) is 4. The summed E-state index contributed by atoms with van der Waals surface area (Å²) in [4.78, 5) is 12.0. The summed E-state index contributed by atoms with van der Waals surface area (Å²) in [5.41, 5.74) is 7.23. The molecule has 1 aromatic carbocycles. The minimum atomic E-state index is -0.555. The molecule has 4 N–H and O–H groups in total. The van der Waals surface area contributed by atoms with E-state index in [2.05, 4.69) is 26.1 Å². The third kappa shape index (κ3) is 4.72. The second kappa shape index (κ2) is 6.99. The number of carbonyl (C=O) groups is 1. The van der Waals surface area contributed by atoms with Crippen LogP contribution in [0.5, 0.6) is 5.75 Å². The standard InChI is InChI=1S/C15H24N2O2S/c1-15(2,3)10-5-6-13(18)12(9-10)17-14(19)11(16)7-8-20-4/h5-6,9,11,18H,7-8,16H2,1-4H3,(H,17,19). The van der Waals surface area contributed by atoms with Gasteiger partial charge in [-0.15, -0.1) is 0 Å². The van der Waals surface area contributed by atoms with Gasteiger partial charge in [0.05, 0.1) is 11.7 Å². The van der Waals surface area contributed by atoms with Gasteiger partial charge >= 0.3 is 0 Å². The van der Waals surface area contributed by atoms with Gasteiger partial charge in [0.2, 0.25) is 5.91 Å². The number of phenolic OH excluding ortho intramolecular Hbond substituents is 1. The van der Waals surface area contributed by atoms with Gasteiger partial charge in [0.1, 0.15) is 5.75 Å². The maximum absolute atomic E-state index is 12.0. The number of thioether (sulfide) groups is 1. The molecule has 20 heavy (non-hydrogen) atoms. The fourth-order valence-electron chi connectivity index (χ4n) is 1.70. The first-order valence-corrected chi connectivity index (χ1v) is 8.04. The molecular formula is C15H24N2O2S. The van der Waals surface area contributed by atoms with Crippen molar-refractivity contribution in [2.45, 2.75) is 38.6 Å². The van der Waals surface area contributed by atoms with Crippen LogP contribution in [0.1, 0.15) is 32.8 Å². The Kier molecular flexibility index (Phi) is 5.89. The van der Waals surface area contributed by atoms with Crippen molar-refractivity contribution in [2.24, 2.45) is 5.73 Å². The van der Waals surface area contributed by atoms with Gasteiger partial charge in [-0.1, -0.05) is 26.8 Å². The van der Waals surface area contributed by atoms with Crippen LogP contribution in [0.4, 0.5) is 5.69 Å². The lowest BCUT2D eigenvalue weighted by Gasteiger charge is -2.21. The molecule has 1 atom stereocenters. The van der Waals surface area contributed by atoms with Crippen LogP contribution in [0.3, 0.4) is 0 Å². The number of anilines is 1. The molecule has 0 heterocycles. The molecule has 0 aliphatic heterocycles. The van der Waals surface area contributed by atoms with Gasteiger partial charge in [-0.05, 0) is 41.5 Å². The molecule has 0 aromatic heterocycles. The van der Waals surface area contributed by atoms with E-state index in [0.717, 1.165) is 11.3 Å². The maximum Gasteiger partial charge on any atom is 0.241 e. The summed E-state index contributed by atoms with van der Waals surface area (Å²) in [5.74, 6) is 0.631. The van der Waals surface area contributed by atoms with Crippen molar-refractivity contribution >= 4 is 23.4 Å². The zero-order valence-corrected chi connectivity index (χ0v) is 13.4. The van der Waals surface area contributed by atoms with Crippen LogP contribution in [0.2, 0.25) is 0 Å². The molecule has 0 aliphatic rings. The minimum Gasteiger partial charge on any atom is -0.506 e. The molecule has 1 aromatic rings. The van der Waals surface area contributed by atoms with E-state index in [4.69, 9.17) is 5.73 Å². The molecular weight excluding hydrogens is 272 g/mol. The highest BCUT2D eigenvalue weighted by Gasteiger charge is 2.18. The number of phenols is 1. The third-order valence-corrected chi connectivity index (χ3v) is 3.73. The number of benzene rings is 1. The van der Waals surface area contributed by atoms with Gasteiger partial charge in [-0.25, -0.2) is 0 Å². The smallest absolute Gasteiger partial charge is 0.241 e. The van der Waals surface area contributed by atoms with Gasteiger partial charge in [-0.2, -0.15) is 11.8 Å². The van der Waals surface area contributed by atoms with Crippen LogP contribution >= 0.6 is 11.8 Å². The average molecular weight is 296 g/mol. The third-order valence-electron chi connectivity index (χ3n) is 3.09. The SMILES string of the molecule is CSCCC(N)C(=O)Nc1cc(C(C)(C)C)ccc1O. The van der Waals surface area contributed by atoms with Crippen molar-refractivity contribution in [3.8, 4) is 5.75 Å². The van der Waals surface area contributed by atoms with Crippen LogP contribution in [-0.4, -0.2) is 29.1 Å². The first kappa shape index (κ1) is 16.9. The Hall–Kier alpha value is -1.20. The lowest BCUT2D eigenvalue weighted by Crippen LogP contribution is -2.36. The molecule has 1 unspecified atom stereocenters. The highest BCUT2D eigenvalue weighted by atomic mass is 32.2. The quantitative estimate of drug-likeness (QED) is 0.730. The predicted molar refractivity (Wildman–Crippen MR) is 86.4 cm³/mol. The van der Waals surface area contributed by atoms with Gasteiger partial charge in [-0.3, -0.25) is 4.79 Å². The van der Waals surface area contributed by atoms with Crippen LogP contribution in [0.25, 0.3) is 0 Å². The number of nitrogens with one attached hydrogen (secondary N) is 1. The highest BCUT2D eigenvalue weighted by Crippen LogP contribution is 2.30. The predicted octanol–water partition coefficient (Wildman–Crippen LogP) is 2.71. The lowest BCUT2D eigenvalue weighted by molar-refractivity contribution is -0.117. The van der Waals surface area contributed by atoms with Crippen molar-refractivity contribution < 1.29 is 9.90 Å². The highest BCUT2D eigenvalue weighted by molar-refractivity contribution is 7.98. The molecule has 0 spiro atoms. The first-order chi connectivity index (χ1) is 9.25. The zero-order chi connectivity index (χ0) is 15.3. The van der Waals surface area contributed by atoms with Crippen LogP contribution in [0, 0.1) is 0 Å². The Morgan fingerprint density at radius 1 is 1.45 bits per heavy atom. The van der Waals surface area contributed by atoms with Gasteiger partial charge in [0.15, 0.2) is 0 Å². The molecule has 4 nitrogen and oxygen atoms in total. The normalized spacial score (nSPS) is 13.1. The van der Waals surface area contributed by atoms with E-state index >= 15 is 0 Å². The summed E-state index contributed by atoms with van der Waals surface area (Å²) in [6.07, 6.45) is 2.59. The summed E-state index contributed by atoms with van der Waals surface area (Å²) in [6.45, 7) is 6.24. The molecule has 0 saturated heterocycles. The van der Waals surface area contributed by atoms with Crippen molar-refractivity contribution in [3.63, 3.8) is 0 Å². The molecule has 0 aliphatic carbocycles. The number of nitrogens with two attached hydrogens (primary N) is 1. The number of carbonyl (C=O) groups excluding carboxylic acids is 1. The molecule has 112 valence electrons. The van der Waals surface area contributed by atoms with Gasteiger partial charge in [0.25, 0.3) is 0 Å². The average Bonchev–Trinajstić information content (AvgIpc) is 2.37. The fourth-order valence-corrected chi connectivity index (χ4v) is 2.19. The molecule has 0 bridgehead atoms. The Balaban J connectivity index is 2.84. The topological polar surface area (TPSA) is 75.4 Å². The first-order valence-electron chi connectivity index (χ1n) is 6.64. The molecule has 0 fully saturated rings. The molecule has 1 rings (SSSR count). The summed E-state index contributed by atoms with van der Waals surface area (Å²) < 4.78 is 0. The van der Waals surface area contributed by atoms with Crippen LogP contribution in [0.15, 0.2) is 18.2 Å². The van der Waals surface area contributed by atoms with Gasteiger partial charge < -0.3 is 16.2 Å². The maximum atomic E-state index is 12.0. The van der Waals surface area contributed by atoms with Crippen molar-refractivity contribution in [3.05, 3.63) is 23.8 Å². The Bertz CT molecular complexity index is 469. The second-order valence-corrected chi connectivity index (χ2v) is 6.84. The monoisotopic (exact) mass is 296 g/mol. The Labute approximate surface area is 125 Å². The van der Waals surface area contributed by atoms with E-state index in [0.29, 0.717) is 12.1 Å². The number of amides is 1. The zero-order valence-electron chi connectivity index (χ0n) is 12.6. The molecule has 0 radical (unpaired) electrons. The van der Waals surface area contributed by atoms with Gasteiger partial charge in [0, 0.05) is 0 Å². The molecule has 1 amide bonds. The largest absolute Gasteiger partial charge is 0.506 e. The second-order valence-electron chi connectivity index (χ2n) is 5.86. The number of hydrogen-bond donors (Lipinski definition) is 3. The molecule has 0 saturated carbocycles. The summed E-state index contributed by atoms with van der Waals surface area (Å²) in [6, 6.07) is 4.71. The van der Waals surface area contributed by atoms with E-state index in [9.17, 15) is 9.90 Å². The van der Waals surface area contributed by atoms with Crippen LogP contribution < -0.4 is 11.1 Å². The van der Waals surface area contributed by atoms with Crippen molar-refractivity contribution in [1.29, 1.82) is 0 Å². The Morgan fingerprint density at radius 2 is 2.10 bits per heavy atom. The van der Waals surface area contributed by atoms with E-state index in [1.807, 2.05) is 12.3 Å². The van der Waals surface area contributed by atoms with Crippen molar-refractivity contribution in [1.82, 2.24) is 0 Å². The molecule has 5 heteroatoms. The number of aromatic hydroxyl groups is 1. The Morgan fingerprint density at radius 3 is 2.65 bits per heavy atom. The van der Waals surface area contributed by atoms with Crippen LogP contribution in [-0.2, 0) is 10.2 Å². The number of rotatable bonds is 5. The summed E-state index contributed by atoms with van der Waals surface area (Å²) in [7, 11) is 0. The summed E-state index contributed by atoms with van der Waals surface area (Å²) >= 11 is 1.65. The van der Waals surface area contributed by atoms with Crippen molar-refractivity contribution in [2.75, 3.05) is 17.3 Å². The lowest BCUT2D eigenvalue weighted by atomic mass is 9.87. The minimum absolute atomic E-state index is 0.0475. The van der Waals surface area contributed by atoms with E-state index in [-0.39, 0.29) is 17.1 Å². The fraction of sp³-hybridized carbons (Fsp3) is 0.533. The summed E-state index contributed by atoms with van der Waals surface area (Å²) in [5, 5.41) is 12.6. The van der Waals surface area contributed by atoms with E-state index in [1.54, 1.807) is 23.9 Å². The van der Waals surface area contributed by atoms with E-state index < -0.39 is 6.04 Å². The van der Waals surface area contributed by atoms with E-state index in [1.165, 1.54) is 0 Å².